The summed E-state index contributed by atoms with van der Waals surface area (Å²) >= 11 is 2.86. The van der Waals surface area contributed by atoms with Crippen molar-refractivity contribution in [1.29, 1.82) is 0 Å². The Morgan fingerprint density at radius 2 is 1.80 bits per heavy atom. The topological polar surface area (TPSA) is 84.4 Å². The molecule has 0 radical (unpaired) electrons. The zero-order chi connectivity index (χ0) is 24.0. The molecule has 0 bridgehead atoms. The summed E-state index contributed by atoms with van der Waals surface area (Å²) in [4.78, 5) is 36.8. The molecule has 3 heterocycles. The molecular formula is C26H22N4O3S2. The SMILES string of the molecule is O=C(Nc1nc(-c2ccccc2)cs1)C1CSC(c2cccnc2)N1C(=O)OCc1ccccc1. The summed E-state index contributed by atoms with van der Waals surface area (Å²) in [5.74, 6) is 0.137. The highest BCUT2D eigenvalue weighted by Crippen LogP contribution is 2.42. The highest BCUT2D eigenvalue weighted by atomic mass is 32.2. The van der Waals surface area contributed by atoms with Gasteiger partial charge >= 0.3 is 6.09 Å². The van der Waals surface area contributed by atoms with Crippen LogP contribution in [0.15, 0.2) is 90.6 Å². The van der Waals surface area contributed by atoms with Crippen LogP contribution in [0, 0.1) is 0 Å². The van der Waals surface area contributed by atoms with Gasteiger partial charge in [0.1, 0.15) is 18.0 Å². The predicted molar refractivity (Wildman–Crippen MR) is 138 cm³/mol. The smallest absolute Gasteiger partial charge is 0.412 e. The van der Waals surface area contributed by atoms with Crippen LogP contribution in [0.25, 0.3) is 11.3 Å². The third-order valence-corrected chi connectivity index (χ3v) is 7.57. The molecule has 2 aromatic carbocycles. The molecule has 2 atom stereocenters. The van der Waals surface area contributed by atoms with Gasteiger partial charge in [-0.1, -0.05) is 66.7 Å². The highest BCUT2D eigenvalue weighted by Gasteiger charge is 2.43. The molecule has 0 aliphatic carbocycles. The number of amides is 2. The van der Waals surface area contributed by atoms with E-state index in [1.165, 1.54) is 28.0 Å². The maximum Gasteiger partial charge on any atom is 0.412 e. The molecular weight excluding hydrogens is 480 g/mol. The van der Waals surface area contributed by atoms with E-state index in [-0.39, 0.29) is 17.9 Å². The number of rotatable bonds is 6. The van der Waals surface area contributed by atoms with Gasteiger partial charge < -0.3 is 10.1 Å². The molecule has 1 fully saturated rings. The van der Waals surface area contributed by atoms with Crippen molar-refractivity contribution in [2.24, 2.45) is 0 Å². The maximum atomic E-state index is 13.3. The van der Waals surface area contributed by atoms with Crippen LogP contribution >= 0.6 is 23.1 Å². The molecule has 2 amide bonds. The van der Waals surface area contributed by atoms with Gasteiger partial charge in [-0.2, -0.15) is 0 Å². The number of anilines is 1. The van der Waals surface area contributed by atoms with E-state index in [4.69, 9.17) is 4.74 Å². The molecule has 0 saturated carbocycles. The Labute approximate surface area is 211 Å². The van der Waals surface area contributed by atoms with Crippen molar-refractivity contribution >= 4 is 40.2 Å². The van der Waals surface area contributed by atoms with Crippen molar-refractivity contribution in [3.8, 4) is 11.3 Å². The number of nitrogens with one attached hydrogen (secondary N) is 1. The summed E-state index contributed by atoms with van der Waals surface area (Å²) in [5, 5.41) is 4.91. The average molecular weight is 503 g/mol. The van der Waals surface area contributed by atoms with Gasteiger partial charge in [0.15, 0.2) is 5.13 Å². The standard InChI is InChI=1S/C26H22N4O3S2/c31-23(29-25-28-21(16-35-25)19-10-5-2-6-11-19)22-17-34-24(20-12-7-13-27-14-20)30(22)26(32)33-15-18-8-3-1-4-9-18/h1-14,16,22,24H,15,17H2,(H,28,29,31). The van der Waals surface area contributed by atoms with Crippen LogP contribution < -0.4 is 5.32 Å². The Morgan fingerprint density at radius 3 is 2.54 bits per heavy atom. The second-order valence-electron chi connectivity index (χ2n) is 7.83. The lowest BCUT2D eigenvalue weighted by atomic mass is 10.2. The van der Waals surface area contributed by atoms with E-state index in [1.807, 2.05) is 78.2 Å². The lowest BCUT2D eigenvalue weighted by Gasteiger charge is -2.27. The minimum Gasteiger partial charge on any atom is -0.444 e. The third kappa shape index (κ3) is 5.36. The van der Waals surface area contributed by atoms with E-state index < -0.39 is 12.1 Å². The number of aromatic nitrogens is 2. The van der Waals surface area contributed by atoms with Crippen LogP contribution in [0.1, 0.15) is 16.5 Å². The van der Waals surface area contributed by atoms with Gasteiger partial charge in [-0.25, -0.2) is 9.78 Å². The second kappa shape index (κ2) is 10.7. The first-order chi connectivity index (χ1) is 17.2. The Hall–Kier alpha value is -3.69. The molecule has 1 N–H and O–H groups in total. The van der Waals surface area contributed by atoms with Gasteiger partial charge in [0.05, 0.1) is 5.69 Å². The number of carbonyl (C=O) groups is 2. The molecule has 35 heavy (non-hydrogen) atoms. The van der Waals surface area contributed by atoms with Gasteiger partial charge in [-0.05, 0) is 11.6 Å². The number of pyridine rings is 1. The van der Waals surface area contributed by atoms with Crippen LogP contribution in [0.4, 0.5) is 9.93 Å². The molecule has 7 nitrogen and oxygen atoms in total. The van der Waals surface area contributed by atoms with Gasteiger partial charge in [0.25, 0.3) is 0 Å². The Balaban J connectivity index is 1.33. The quantitative estimate of drug-likeness (QED) is 0.370. The zero-order valence-corrected chi connectivity index (χ0v) is 20.2. The minimum atomic E-state index is -0.711. The number of nitrogens with zero attached hydrogens (tertiary/aromatic N) is 3. The fourth-order valence-corrected chi connectivity index (χ4v) is 5.89. The average Bonchev–Trinajstić information content (AvgIpc) is 3.57. The van der Waals surface area contributed by atoms with Crippen LogP contribution in [0.3, 0.4) is 0 Å². The summed E-state index contributed by atoms with van der Waals surface area (Å²) in [5.41, 5.74) is 3.48. The van der Waals surface area contributed by atoms with E-state index in [0.29, 0.717) is 10.9 Å². The third-order valence-electron chi connectivity index (χ3n) is 5.49. The molecule has 1 aliphatic heterocycles. The summed E-state index contributed by atoms with van der Waals surface area (Å²) in [6, 6.07) is 22.2. The number of thioether (sulfide) groups is 1. The van der Waals surface area contributed by atoms with E-state index in [2.05, 4.69) is 15.3 Å². The first kappa shape index (κ1) is 23.1. The monoisotopic (exact) mass is 502 g/mol. The molecule has 2 aromatic heterocycles. The first-order valence-corrected chi connectivity index (χ1v) is 12.9. The lowest BCUT2D eigenvalue weighted by molar-refractivity contribution is -0.120. The summed E-state index contributed by atoms with van der Waals surface area (Å²) < 4.78 is 5.62. The molecule has 176 valence electrons. The minimum absolute atomic E-state index is 0.127. The normalized spacial score (nSPS) is 17.2. The first-order valence-electron chi connectivity index (χ1n) is 11.0. The molecule has 0 spiro atoms. The fraction of sp³-hybridized carbons (Fsp3) is 0.154. The van der Waals surface area contributed by atoms with Crippen molar-refractivity contribution in [2.45, 2.75) is 18.0 Å². The summed E-state index contributed by atoms with van der Waals surface area (Å²) in [7, 11) is 0. The molecule has 1 aliphatic rings. The van der Waals surface area contributed by atoms with Gasteiger partial charge in [-0.15, -0.1) is 23.1 Å². The van der Waals surface area contributed by atoms with Gasteiger partial charge in [-0.3, -0.25) is 14.7 Å². The van der Waals surface area contributed by atoms with Crippen molar-refractivity contribution in [1.82, 2.24) is 14.9 Å². The summed E-state index contributed by atoms with van der Waals surface area (Å²) in [6.07, 6.45) is 2.84. The number of ether oxygens (including phenoxy) is 1. The van der Waals surface area contributed by atoms with Crippen molar-refractivity contribution in [2.75, 3.05) is 11.1 Å². The van der Waals surface area contributed by atoms with Crippen LogP contribution in [0.5, 0.6) is 0 Å². The number of carbonyl (C=O) groups excluding carboxylic acids is 2. The van der Waals surface area contributed by atoms with Crippen LogP contribution in [0.2, 0.25) is 0 Å². The summed E-state index contributed by atoms with van der Waals surface area (Å²) in [6.45, 7) is 0.127. The second-order valence-corrected chi connectivity index (χ2v) is 9.80. The molecule has 5 rings (SSSR count). The van der Waals surface area contributed by atoms with Gasteiger partial charge in [0, 0.05) is 34.7 Å². The van der Waals surface area contributed by atoms with Crippen LogP contribution in [-0.4, -0.2) is 38.7 Å². The lowest BCUT2D eigenvalue weighted by Crippen LogP contribution is -2.45. The van der Waals surface area contributed by atoms with E-state index in [9.17, 15) is 9.59 Å². The number of thiazole rings is 1. The van der Waals surface area contributed by atoms with Crippen molar-refractivity contribution < 1.29 is 14.3 Å². The molecule has 9 heteroatoms. The number of hydrogen-bond donors (Lipinski definition) is 1. The molecule has 4 aromatic rings. The fourth-order valence-electron chi connectivity index (χ4n) is 3.77. The van der Waals surface area contributed by atoms with E-state index in [1.54, 1.807) is 12.4 Å². The van der Waals surface area contributed by atoms with E-state index >= 15 is 0 Å². The van der Waals surface area contributed by atoms with Crippen LogP contribution in [-0.2, 0) is 16.1 Å². The Kier molecular flexibility index (Phi) is 7.06. The molecule has 1 saturated heterocycles. The largest absolute Gasteiger partial charge is 0.444 e. The number of hydrogen-bond acceptors (Lipinski definition) is 7. The predicted octanol–water partition coefficient (Wildman–Crippen LogP) is 5.60. The Bertz CT molecular complexity index is 1290. The van der Waals surface area contributed by atoms with Crippen molar-refractivity contribution in [3.05, 3.63) is 102 Å². The zero-order valence-electron chi connectivity index (χ0n) is 18.6. The highest BCUT2D eigenvalue weighted by molar-refractivity contribution is 7.99. The molecule has 2 unspecified atom stereocenters. The van der Waals surface area contributed by atoms with E-state index in [0.717, 1.165) is 22.4 Å². The van der Waals surface area contributed by atoms with Crippen molar-refractivity contribution in [3.63, 3.8) is 0 Å². The number of benzene rings is 2. The van der Waals surface area contributed by atoms with Gasteiger partial charge in [0.2, 0.25) is 5.91 Å². The Morgan fingerprint density at radius 1 is 1.03 bits per heavy atom. The maximum absolute atomic E-state index is 13.3.